The van der Waals surface area contributed by atoms with Crippen LogP contribution in [0.4, 0.5) is 0 Å². The largest absolute Gasteiger partial charge is 0.361 e. The predicted molar refractivity (Wildman–Crippen MR) is 79.6 cm³/mol. The molecule has 0 aromatic carbocycles. The summed E-state index contributed by atoms with van der Waals surface area (Å²) in [6, 6.07) is 2.04. The average molecular weight is 340 g/mol. The van der Waals surface area contributed by atoms with Gasteiger partial charge in [0.1, 0.15) is 5.76 Å². The van der Waals surface area contributed by atoms with Crippen molar-refractivity contribution < 1.29 is 4.52 Å². The molecule has 0 aliphatic heterocycles. The molecule has 0 atom stereocenters. The van der Waals surface area contributed by atoms with Crippen LogP contribution in [0.1, 0.15) is 46.1 Å². The molecule has 0 radical (unpaired) electrons. The maximum absolute atomic E-state index is 5.20. The van der Waals surface area contributed by atoms with Gasteiger partial charge in [0, 0.05) is 24.4 Å². The number of likely N-dealkylation sites (N-methyl/N-ethyl adjacent to an activating group) is 1. The van der Waals surface area contributed by atoms with Crippen LogP contribution in [0.5, 0.6) is 0 Å². The third-order valence-electron chi connectivity index (χ3n) is 1.95. The maximum Gasteiger partial charge on any atom is 0.138 e. The molecule has 0 unspecified atom stereocenters. The second kappa shape index (κ2) is 8.98. The fraction of sp³-hybridized carbons (Fsp3) is 0.750. The van der Waals surface area contributed by atoms with Crippen molar-refractivity contribution >= 4 is 24.0 Å². The van der Waals surface area contributed by atoms with Crippen LogP contribution in [0.3, 0.4) is 0 Å². The van der Waals surface area contributed by atoms with E-state index in [0.717, 1.165) is 24.4 Å². The van der Waals surface area contributed by atoms with Gasteiger partial charge < -0.3 is 9.84 Å². The third-order valence-corrected chi connectivity index (χ3v) is 1.95. The quantitative estimate of drug-likeness (QED) is 0.858. The van der Waals surface area contributed by atoms with Crippen molar-refractivity contribution in [3.05, 3.63) is 17.5 Å². The lowest BCUT2D eigenvalue weighted by Crippen LogP contribution is -2.11. The highest BCUT2D eigenvalue weighted by molar-refractivity contribution is 14.0. The summed E-state index contributed by atoms with van der Waals surface area (Å²) in [4.78, 5) is 0. The van der Waals surface area contributed by atoms with E-state index < -0.39 is 0 Å². The SMILES string of the molecule is CC.CNCCc1cc(C(C)(C)C)no1.I. The molecule has 1 heterocycles. The van der Waals surface area contributed by atoms with E-state index >= 15 is 0 Å². The number of aromatic nitrogens is 1. The van der Waals surface area contributed by atoms with Gasteiger partial charge in [0.25, 0.3) is 0 Å². The molecule has 0 saturated carbocycles. The van der Waals surface area contributed by atoms with E-state index in [2.05, 4.69) is 31.2 Å². The van der Waals surface area contributed by atoms with Crippen LogP contribution in [0.25, 0.3) is 0 Å². The first-order valence-electron chi connectivity index (χ1n) is 5.64. The van der Waals surface area contributed by atoms with E-state index in [4.69, 9.17) is 4.52 Å². The van der Waals surface area contributed by atoms with Gasteiger partial charge in [0.05, 0.1) is 5.69 Å². The topological polar surface area (TPSA) is 38.1 Å². The lowest BCUT2D eigenvalue weighted by atomic mass is 9.92. The van der Waals surface area contributed by atoms with E-state index in [-0.39, 0.29) is 29.4 Å². The molecule has 1 N–H and O–H groups in total. The number of hydrogen-bond donors (Lipinski definition) is 1. The molecule has 0 saturated heterocycles. The van der Waals surface area contributed by atoms with E-state index in [9.17, 15) is 0 Å². The molecule has 0 spiro atoms. The molecule has 1 aromatic heterocycles. The van der Waals surface area contributed by atoms with Crippen LogP contribution in [-0.2, 0) is 11.8 Å². The number of nitrogens with one attached hydrogen (secondary N) is 1. The molecular weight excluding hydrogens is 315 g/mol. The van der Waals surface area contributed by atoms with Crippen LogP contribution in [0.2, 0.25) is 0 Å². The summed E-state index contributed by atoms with van der Waals surface area (Å²) < 4.78 is 5.20. The Labute approximate surface area is 116 Å². The standard InChI is InChI=1S/C10H18N2O.C2H6.HI/c1-10(2,3)9-7-8(13-12-9)5-6-11-4;1-2;/h7,11H,5-6H2,1-4H3;1-2H3;1H. The van der Waals surface area contributed by atoms with Gasteiger partial charge in [-0.3, -0.25) is 0 Å². The van der Waals surface area contributed by atoms with Crippen LogP contribution in [0, 0.1) is 0 Å². The Morgan fingerprint density at radius 1 is 1.31 bits per heavy atom. The second-order valence-corrected chi connectivity index (χ2v) is 4.28. The minimum atomic E-state index is 0. The van der Waals surface area contributed by atoms with Gasteiger partial charge in [-0.05, 0) is 7.05 Å². The summed E-state index contributed by atoms with van der Waals surface area (Å²) in [6.45, 7) is 11.3. The van der Waals surface area contributed by atoms with Crippen molar-refractivity contribution in [2.45, 2.75) is 46.5 Å². The monoisotopic (exact) mass is 340 g/mol. The number of hydrogen-bond acceptors (Lipinski definition) is 3. The van der Waals surface area contributed by atoms with E-state index in [1.165, 1.54) is 0 Å². The third kappa shape index (κ3) is 6.48. The zero-order valence-corrected chi connectivity index (χ0v) is 13.6. The highest BCUT2D eigenvalue weighted by Gasteiger charge is 2.18. The minimum Gasteiger partial charge on any atom is -0.361 e. The summed E-state index contributed by atoms with van der Waals surface area (Å²) >= 11 is 0. The summed E-state index contributed by atoms with van der Waals surface area (Å²) in [5.41, 5.74) is 1.11. The van der Waals surface area contributed by atoms with E-state index in [0.29, 0.717) is 0 Å². The van der Waals surface area contributed by atoms with Gasteiger partial charge in [-0.1, -0.05) is 39.8 Å². The molecular formula is C12H25IN2O. The van der Waals surface area contributed by atoms with Crippen LogP contribution < -0.4 is 5.32 Å². The number of halogens is 1. The zero-order chi connectivity index (χ0) is 11.9. The molecule has 0 aliphatic carbocycles. The lowest BCUT2D eigenvalue weighted by molar-refractivity contribution is 0.363. The summed E-state index contributed by atoms with van der Waals surface area (Å²) in [7, 11) is 1.93. The molecule has 16 heavy (non-hydrogen) atoms. The average Bonchev–Trinajstić information content (AvgIpc) is 2.65. The highest BCUT2D eigenvalue weighted by Crippen LogP contribution is 2.21. The second-order valence-electron chi connectivity index (χ2n) is 4.28. The van der Waals surface area contributed by atoms with Crippen LogP contribution in [0.15, 0.2) is 10.6 Å². The Kier molecular flexibility index (Phi) is 10.3. The Morgan fingerprint density at radius 3 is 2.25 bits per heavy atom. The lowest BCUT2D eigenvalue weighted by Gasteiger charge is -2.12. The molecule has 3 nitrogen and oxygen atoms in total. The molecule has 0 amide bonds. The first-order valence-corrected chi connectivity index (χ1v) is 5.64. The molecule has 0 aliphatic rings. The van der Waals surface area contributed by atoms with Crippen LogP contribution >= 0.6 is 24.0 Å². The van der Waals surface area contributed by atoms with Gasteiger partial charge in [0.2, 0.25) is 0 Å². The van der Waals surface area contributed by atoms with Crippen molar-refractivity contribution in [2.24, 2.45) is 0 Å². The van der Waals surface area contributed by atoms with Gasteiger partial charge in [-0.25, -0.2) is 0 Å². The molecule has 0 bridgehead atoms. The van der Waals surface area contributed by atoms with E-state index in [1.54, 1.807) is 0 Å². The fourth-order valence-corrected chi connectivity index (χ4v) is 1.03. The first-order chi connectivity index (χ1) is 7.04. The molecule has 1 aromatic rings. The molecule has 0 fully saturated rings. The predicted octanol–water partition coefficient (Wildman–Crippen LogP) is 3.38. The van der Waals surface area contributed by atoms with Gasteiger partial charge in [-0.2, -0.15) is 0 Å². The Balaban J connectivity index is 0. The summed E-state index contributed by atoms with van der Waals surface area (Å²) in [5, 5.41) is 7.11. The number of nitrogens with zero attached hydrogens (tertiary/aromatic N) is 1. The van der Waals surface area contributed by atoms with Crippen molar-refractivity contribution in [2.75, 3.05) is 13.6 Å². The summed E-state index contributed by atoms with van der Waals surface area (Å²) in [6.07, 6.45) is 0.902. The normalized spacial score (nSPS) is 10.1. The minimum absolute atomic E-state index is 0. The Morgan fingerprint density at radius 2 is 1.88 bits per heavy atom. The van der Waals surface area contributed by atoms with Gasteiger partial charge in [0.15, 0.2) is 0 Å². The molecule has 96 valence electrons. The Hall–Kier alpha value is -0.100. The maximum atomic E-state index is 5.20. The molecule has 1 rings (SSSR count). The van der Waals surface area contributed by atoms with Crippen molar-refractivity contribution in [1.82, 2.24) is 10.5 Å². The summed E-state index contributed by atoms with van der Waals surface area (Å²) in [5.74, 6) is 0.958. The van der Waals surface area contributed by atoms with E-state index in [1.807, 2.05) is 27.0 Å². The fourth-order valence-electron chi connectivity index (χ4n) is 1.03. The smallest absolute Gasteiger partial charge is 0.138 e. The Bertz CT molecular complexity index is 266. The number of rotatable bonds is 3. The highest BCUT2D eigenvalue weighted by atomic mass is 127. The zero-order valence-electron chi connectivity index (χ0n) is 11.3. The van der Waals surface area contributed by atoms with Crippen LogP contribution in [-0.4, -0.2) is 18.7 Å². The van der Waals surface area contributed by atoms with Gasteiger partial charge >= 0.3 is 0 Å². The first kappa shape index (κ1) is 18.3. The van der Waals surface area contributed by atoms with Crippen molar-refractivity contribution in [1.29, 1.82) is 0 Å². The van der Waals surface area contributed by atoms with Gasteiger partial charge in [-0.15, -0.1) is 24.0 Å². The molecule has 4 heteroatoms. The van der Waals surface area contributed by atoms with Crippen molar-refractivity contribution in [3.8, 4) is 0 Å². The van der Waals surface area contributed by atoms with Crippen molar-refractivity contribution in [3.63, 3.8) is 0 Å².